The summed E-state index contributed by atoms with van der Waals surface area (Å²) in [7, 11) is 0. The van der Waals surface area contributed by atoms with Crippen LogP contribution in [0, 0.1) is 0 Å². The molecular formula is C18H18N4O2. The Bertz CT molecular complexity index is 881. The number of aromatic nitrogens is 2. The Labute approximate surface area is 139 Å². The molecule has 1 amide bonds. The molecule has 0 saturated heterocycles. The minimum Gasteiger partial charge on any atom is -0.508 e. The summed E-state index contributed by atoms with van der Waals surface area (Å²) in [5.74, 6) is -0.0203. The number of phenols is 1. The molecular weight excluding hydrogens is 304 g/mol. The highest BCUT2D eigenvalue weighted by Crippen LogP contribution is 2.12. The van der Waals surface area contributed by atoms with Gasteiger partial charge in [-0.25, -0.2) is 10.4 Å². The maximum Gasteiger partial charge on any atom is 0.260 e. The highest BCUT2D eigenvalue weighted by atomic mass is 16.3. The SMILES string of the molecule is CC/C(=N\NC(=O)Cn1cnc2ccccc21)c1ccc(O)cc1. The van der Waals surface area contributed by atoms with Gasteiger partial charge in [0, 0.05) is 0 Å². The van der Waals surface area contributed by atoms with E-state index in [4.69, 9.17) is 0 Å². The third kappa shape index (κ3) is 3.43. The second-order valence-electron chi connectivity index (χ2n) is 5.36. The van der Waals surface area contributed by atoms with Gasteiger partial charge >= 0.3 is 0 Å². The van der Waals surface area contributed by atoms with Gasteiger partial charge in [-0.15, -0.1) is 0 Å². The summed E-state index contributed by atoms with van der Waals surface area (Å²) in [6.45, 7) is 2.11. The summed E-state index contributed by atoms with van der Waals surface area (Å²) >= 11 is 0. The van der Waals surface area contributed by atoms with E-state index >= 15 is 0 Å². The van der Waals surface area contributed by atoms with Gasteiger partial charge in [0.25, 0.3) is 5.91 Å². The molecule has 0 atom stereocenters. The number of fused-ring (bicyclic) bond motifs is 1. The predicted octanol–water partition coefficient (Wildman–Crippen LogP) is 2.67. The average Bonchev–Trinajstić information content (AvgIpc) is 3.00. The van der Waals surface area contributed by atoms with Gasteiger partial charge in [-0.1, -0.05) is 19.1 Å². The van der Waals surface area contributed by atoms with Crippen molar-refractivity contribution >= 4 is 22.7 Å². The van der Waals surface area contributed by atoms with Crippen molar-refractivity contribution in [3.8, 4) is 5.75 Å². The zero-order chi connectivity index (χ0) is 16.9. The van der Waals surface area contributed by atoms with Crippen molar-refractivity contribution in [3.05, 3.63) is 60.4 Å². The topological polar surface area (TPSA) is 79.5 Å². The lowest BCUT2D eigenvalue weighted by Gasteiger charge is -2.06. The van der Waals surface area contributed by atoms with Crippen molar-refractivity contribution in [1.82, 2.24) is 15.0 Å². The highest BCUT2D eigenvalue weighted by molar-refractivity contribution is 6.01. The Morgan fingerprint density at radius 1 is 1.21 bits per heavy atom. The smallest absolute Gasteiger partial charge is 0.260 e. The average molecular weight is 322 g/mol. The van der Waals surface area contributed by atoms with Gasteiger partial charge in [0.05, 0.1) is 23.1 Å². The lowest BCUT2D eigenvalue weighted by molar-refractivity contribution is -0.121. The van der Waals surface area contributed by atoms with Gasteiger partial charge in [-0.2, -0.15) is 5.10 Å². The largest absolute Gasteiger partial charge is 0.508 e. The molecule has 6 heteroatoms. The fraction of sp³-hybridized carbons (Fsp3) is 0.167. The number of hydrogen-bond acceptors (Lipinski definition) is 4. The molecule has 122 valence electrons. The molecule has 0 spiro atoms. The number of carbonyl (C=O) groups excluding carboxylic acids is 1. The molecule has 3 rings (SSSR count). The van der Waals surface area contributed by atoms with E-state index in [1.165, 1.54) is 0 Å². The maximum absolute atomic E-state index is 12.2. The minimum atomic E-state index is -0.220. The summed E-state index contributed by atoms with van der Waals surface area (Å²) in [5.41, 5.74) is 5.96. The van der Waals surface area contributed by atoms with Crippen LogP contribution in [-0.2, 0) is 11.3 Å². The number of benzene rings is 2. The molecule has 0 fully saturated rings. The molecule has 0 aliphatic rings. The molecule has 0 bridgehead atoms. The fourth-order valence-electron chi connectivity index (χ4n) is 2.46. The first-order chi connectivity index (χ1) is 11.7. The van der Waals surface area contributed by atoms with Crippen LogP contribution in [0.25, 0.3) is 11.0 Å². The Balaban J connectivity index is 1.70. The zero-order valence-corrected chi connectivity index (χ0v) is 13.3. The number of rotatable bonds is 5. The van der Waals surface area contributed by atoms with Gasteiger partial charge in [-0.3, -0.25) is 4.79 Å². The van der Waals surface area contributed by atoms with Crippen molar-refractivity contribution in [2.75, 3.05) is 0 Å². The van der Waals surface area contributed by atoms with E-state index in [0.29, 0.717) is 6.42 Å². The normalized spacial score (nSPS) is 11.6. The van der Waals surface area contributed by atoms with Gasteiger partial charge in [0.1, 0.15) is 12.3 Å². The summed E-state index contributed by atoms with van der Waals surface area (Å²) in [5, 5.41) is 13.5. The van der Waals surface area contributed by atoms with Crippen molar-refractivity contribution in [2.45, 2.75) is 19.9 Å². The summed E-state index contributed by atoms with van der Waals surface area (Å²) in [4.78, 5) is 16.4. The Kier molecular flexibility index (Phi) is 4.56. The van der Waals surface area contributed by atoms with Crippen LogP contribution in [-0.4, -0.2) is 26.3 Å². The lowest BCUT2D eigenvalue weighted by Crippen LogP contribution is -2.24. The monoisotopic (exact) mass is 322 g/mol. The van der Waals surface area contributed by atoms with Gasteiger partial charge < -0.3 is 9.67 Å². The van der Waals surface area contributed by atoms with Crippen LogP contribution in [0.1, 0.15) is 18.9 Å². The summed E-state index contributed by atoms with van der Waals surface area (Å²) in [6, 6.07) is 14.4. The number of nitrogens with zero attached hydrogens (tertiary/aromatic N) is 3. The molecule has 1 aromatic heterocycles. The van der Waals surface area contributed by atoms with Crippen molar-refractivity contribution in [1.29, 1.82) is 0 Å². The third-order valence-electron chi connectivity index (χ3n) is 3.69. The van der Waals surface area contributed by atoms with E-state index in [0.717, 1.165) is 22.3 Å². The first kappa shape index (κ1) is 15.7. The van der Waals surface area contributed by atoms with Crippen LogP contribution in [0.5, 0.6) is 5.75 Å². The van der Waals surface area contributed by atoms with Gasteiger partial charge in [-0.05, 0) is 48.4 Å². The van der Waals surface area contributed by atoms with Gasteiger partial charge in [0.15, 0.2) is 0 Å². The van der Waals surface area contributed by atoms with Crippen molar-refractivity contribution in [2.24, 2.45) is 5.10 Å². The standard InChI is InChI=1S/C18H18N4O2/c1-2-15(13-7-9-14(23)10-8-13)20-21-18(24)11-22-12-19-16-5-3-4-6-17(16)22/h3-10,12,23H,2,11H2,1H3,(H,21,24)/b20-15+. The number of aromatic hydroxyl groups is 1. The number of amides is 1. The van der Waals surface area contributed by atoms with Crippen LogP contribution in [0.4, 0.5) is 0 Å². The molecule has 2 N–H and O–H groups in total. The lowest BCUT2D eigenvalue weighted by atomic mass is 10.1. The Morgan fingerprint density at radius 3 is 2.71 bits per heavy atom. The Hall–Kier alpha value is -3.15. The number of nitrogens with one attached hydrogen (secondary N) is 1. The number of carbonyl (C=O) groups is 1. The van der Waals surface area contributed by atoms with E-state index in [9.17, 15) is 9.90 Å². The summed E-state index contributed by atoms with van der Waals surface area (Å²) in [6.07, 6.45) is 2.31. The van der Waals surface area contributed by atoms with Crippen LogP contribution in [0.2, 0.25) is 0 Å². The molecule has 0 aliphatic carbocycles. The van der Waals surface area contributed by atoms with Crippen LogP contribution >= 0.6 is 0 Å². The number of imidazole rings is 1. The summed E-state index contributed by atoms with van der Waals surface area (Å²) < 4.78 is 1.78. The molecule has 0 unspecified atom stereocenters. The number of hydrazone groups is 1. The van der Waals surface area contributed by atoms with Crippen LogP contribution in [0.15, 0.2) is 60.0 Å². The van der Waals surface area contributed by atoms with Crippen molar-refractivity contribution in [3.63, 3.8) is 0 Å². The maximum atomic E-state index is 12.2. The number of phenolic OH excluding ortho intramolecular Hbond substituents is 1. The van der Waals surface area contributed by atoms with E-state index < -0.39 is 0 Å². The molecule has 2 aromatic carbocycles. The molecule has 0 saturated carbocycles. The van der Waals surface area contributed by atoms with E-state index in [2.05, 4.69) is 15.5 Å². The first-order valence-electron chi connectivity index (χ1n) is 7.72. The highest BCUT2D eigenvalue weighted by Gasteiger charge is 2.07. The number of hydrogen-bond donors (Lipinski definition) is 2. The van der Waals surface area contributed by atoms with Crippen LogP contribution < -0.4 is 5.43 Å². The van der Waals surface area contributed by atoms with Crippen LogP contribution in [0.3, 0.4) is 0 Å². The van der Waals surface area contributed by atoms with E-state index in [1.807, 2.05) is 31.2 Å². The first-order valence-corrected chi connectivity index (χ1v) is 7.72. The van der Waals surface area contributed by atoms with E-state index in [-0.39, 0.29) is 18.2 Å². The molecule has 0 radical (unpaired) electrons. The number of para-hydroxylation sites is 2. The Morgan fingerprint density at radius 2 is 1.96 bits per heavy atom. The predicted molar refractivity (Wildman–Crippen MR) is 92.8 cm³/mol. The fourth-order valence-corrected chi connectivity index (χ4v) is 2.46. The zero-order valence-electron chi connectivity index (χ0n) is 13.3. The molecule has 1 heterocycles. The molecule has 0 aliphatic heterocycles. The van der Waals surface area contributed by atoms with Gasteiger partial charge in [0.2, 0.25) is 0 Å². The second kappa shape index (κ2) is 6.95. The molecule has 6 nitrogen and oxygen atoms in total. The molecule has 24 heavy (non-hydrogen) atoms. The second-order valence-corrected chi connectivity index (χ2v) is 5.36. The third-order valence-corrected chi connectivity index (χ3v) is 3.69. The van der Waals surface area contributed by atoms with Crippen molar-refractivity contribution < 1.29 is 9.90 Å². The minimum absolute atomic E-state index is 0.149. The quantitative estimate of drug-likeness (QED) is 0.560. The molecule has 3 aromatic rings. The van der Waals surface area contributed by atoms with E-state index in [1.54, 1.807) is 35.2 Å².